The van der Waals surface area contributed by atoms with E-state index in [9.17, 15) is 9.59 Å². The molecule has 1 atom stereocenters. The maximum Gasteiger partial charge on any atom is 0.354 e. The molecule has 2 N–H and O–H groups in total. The number of ether oxygens (including phenoxy) is 1. The molecule has 1 amide bonds. The van der Waals surface area contributed by atoms with Crippen molar-refractivity contribution in [3.05, 3.63) is 59.9 Å². The second kappa shape index (κ2) is 6.62. The number of carboxylic acid groups (broad SMARTS) is 1. The number of pyridine rings is 1. The summed E-state index contributed by atoms with van der Waals surface area (Å²) in [6.45, 7) is 0. The van der Waals surface area contributed by atoms with Crippen LogP contribution in [0.4, 0.5) is 5.69 Å². The minimum absolute atomic E-state index is 0.0839. The van der Waals surface area contributed by atoms with Gasteiger partial charge in [0.2, 0.25) is 0 Å². The lowest BCUT2D eigenvalue weighted by atomic mass is 10.1. The van der Waals surface area contributed by atoms with E-state index >= 15 is 0 Å². The van der Waals surface area contributed by atoms with Crippen LogP contribution in [0.15, 0.2) is 48.7 Å². The molecule has 2 aromatic rings. The molecule has 0 radical (unpaired) electrons. The molecule has 1 unspecified atom stereocenters. The van der Waals surface area contributed by atoms with E-state index in [-0.39, 0.29) is 11.6 Å². The molecule has 1 aromatic carbocycles. The predicted molar refractivity (Wildman–Crippen MR) is 76.0 cm³/mol. The van der Waals surface area contributed by atoms with Gasteiger partial charge in [-0.25, -0.2) is 9.78 Å². The Balaban J connectivity index is 2.11. The number of carbonyl (C=O) groups excluding carboxylic acids is 1. The monoisotopic (exact) mass is 286 g/mol. The number of amides is 1. The number of methoxy groups -OCH3 is 1. The SMILES string of the molecule is COC(C(=O)Nc1ccc(C(=O)O)nc1)c1ccccc1. The number of aromatic carboxylic acids is 1. The van der Waals surface area contributed by atoms with Gasteiger partial charge in [0.05, 0.1) is 11.9 Å². The van der Waals surface area contributed by atoms with Gasteiger partial charge in [0.1, 0.15) is 5.69 Å². The van der Waals surface area contributed by atoms with E-state index in [4.69, 9.17) is 9.84 Å². The zero-order chi connectivity index (χ0) is 15.2. The maximum atomic E-state index is 12.2. The highest BCUT2D eigenvalue weighted by Gasteiger charge is 2.20. The second-order valence-electron chi connectivity index (χ2n) is 4.25. The third kappa shape index (κ3) is 3.64. The minimum Gasteiger partial charge on any atom is -0.477 e. The summed E-state index contributed by atoms with van der Waals surface area (Å²) in [7, 11) is 1.45. The van der Waals surface area contributed by atoms with Crippen LogP contribution in [0.5, 0.6) is 0 Å². The summed E-state index contributed by atoms with van der Waals surface area (Å²) < 4.78 is 5.21. The Morgan fingerprint density at radius 3 is 2.43 bits per heavy atom. The van der Waals surface area contributed by atoms with Crippen LogP contribution < -0.4 is 5.32 Å². The number of anilines is 1. The van der Waals surface area contributed by atoms with Crippen molar-refractivity contribution in [2.24, 2.45) is 0 Å². The zero-order valence-corrected chi connectivity index (χ0v) is 11.3. The fourth-order valence-corrected chi connectivity index (χ4v) is 1.82. The third-order valence-corrected chi connectivity index (χ3v) is 2.83. The number of hydrogen-bond donors (Lipinski definition) is 2. The molecule has 0 bridgehead atoms. The summed E-state index contributed by atoms with van der Waals surface area (Å²) in [5.41, 5.74) is 1.05. The Hall–Kier alpha value is -2.73. The molecule has 0 aliphatic carbocycles. The van der Waals surface area contributed by atoms with Crippen LogP contribution in [0.2, 0.25) is 0 Å². The normalized spacial score (nSPS) is 11.7. The molecule has 0 spiro atoms. The first-order valence-electron chi connectivity index (χ1n) is 6.20. The molecular formula is C15H14N2O4. The first kappa shape index (κ1) is 14.7. The van der Waals surface area contributed by atoms with Crippen molar-refractivity contribution in [3.63, 3.8) is 0 Å². The summed E-state index contributed by atoms with van der Waals surface area (Å²) in [5, 5.41) is 11.4. The van der Waals surface area contributed by atoms with Crippen LogP contribution in [-0.4, -0.2) is 29.1 Å². The summed E-state index contributed by atoms with van der Waals surface area (Å²) in [4.78, 5) is 26.6. The Bertz CT molecular complexity index is 626. The van der Waals surface area contributed by atoms with Crippen molar-refractivity contribution < 1.29 is 19.4 Å². The first-order valence-corrected chi connectivity index (χ1v) is 6.20. The predicted octanol–water partition coefficient (Wildman–Crippen LogP) is 2.11. The van der Waals surface area contributed by atoms with Crippen molar-refractivity contribution >= 4 is 17.6 Å². The summed E-state index contributed by atoms with van der Waals surface area (Å²) in [6, 6.07) is 11.9. The van der Waals surface area contributed by atoms with Crippen LogP contribution >= 0.6 is 0 Å². The fourth-order valence-electron chi connectivity index (χ4n) is 1.82. The van der Waals surface area contributed by atoms with Crippen LogP contribution in [0.3, 0.4) is 0 Å². The van der Waals surface area contributed by atoms with Gasteiger partial charge in [-0.3, -0.25) is 4.79 Å². The highest BCUT2D eigenvalue weighted by Crippen LogP contribution is 2.18. The Morgan fingerprint density at radius 1 is 1.19 bits per heavy atom. The smallest absolute Gasteiger partial charge is 0.354 e. The number of hydrogen-bond acceptors (Lipinski definition) is 4. The zero-order valence-electron chi connectivity index (χ0n) is 11.3. The number of rotatable bonds is 5. The van der Waals surface area contributed by atoms with Crippen molar-refractivity contribution in [3.8, 4) is 0 Å². The molecule has 0 aliphatic heterocycles. The van der Waals surface area contributed by atoms with Gasteiger partial charge < -0.3 is 15.2 Å². The Labute approximate surface area is 121 Å². The average molecular weight is 286 g/mol. The molecule has 0 aliphatic rings. The topological polar surface area (TPSA) is 88.5 Å². The number of carboxylic acids is 1. The number of aromatic nitrogens is 1. The summed E-state index contributed by atoms with van der Waals surface area (Å²) in [5.74, 6) is -1.47. The average Bonchev–Trinajstić information content (AvgIpc) is 2.49. The molecule has 0 saturated carbocycles. The van der Waals surface area contributed by atoms with E-state index in [0.29, 0.717) is 5.69 Å². The standard InChI is InChI=1S/C15H14N2O4/c1-21-13(10-5-3-2-4-6-10)14(18)17-11-7-8-12(15(19)20)16-9-11/h2-9,13H,1H3,(H,17,18)(H,19,20). The molecule has 1 heterocycles. The second-order valence-corrected chi connectivity index (χ2v) is 4.25. The van der Waals surface area contributed by atoms with Gasteiger partial charge in [-0.1, -0.05) is 30.3 Å². The molecule has 0 saturated heterocycles. The molecule has 0 fully saturated rings. The highest BCUT2D eigenvalue weighted by atomic mass is 16.5. The van der Waals surface area contributed by atoms with Gasteiger partial charge in [0, 0.05) is 7.11 Å². The lowest BCUT2D eigenvalue weighted by Gasteiger charge is -2.15. The van der Waals surface area contributed by atoms with Gasteiger partial charge in [0.15, 0.2) is 6.10 Å². The van der Waals surface area contributed by atoms with Gasteiger partial charge >= 0.3 is 5.97 Å². The van der Waals surface area contributed by atoms with Gasteiger partial charge in [-0.05, 0) is 17.7 Å². The van der Waals surface area contributed by atoms with E-state index < -0.39 is 12.1 Å². The number of carbonyl (C=O) groups is 2. The summed E-state index contributed by atoms with van der Waals surface area (Å²) >= 11 is 0. The Kier molecular flexibility index (Phi) is 4.63. The van der Waals surface area contributed by atoms with Gasteiger partial charge in [-0.15, -0.1) is 0 Å². The Morgan fingerprint density at radius 2 is 1.90 bits per heavy atom. The lowest BCUT2D eigenvalue weighted by Crippen LogP contribution is -2.22. The molecule has 1 aromatic heterocycles. The number of benzene rings is 1. The minimum atomic E-state index is -1.12. The molecule has 2 rings (SSSR count). The first-order chi connectivity index (χ1) is 10.1. The third-order valence-electron chi connectivity index (χ3n) is 2.83. The molecule has 6 nitrogen and oxygen atoms in total. The molecule has 6 heteroatoms. The van der Waals surface area contributed by atoms with Crippen molar-refractivity contribution in [2.45, 2.75) is 6.10 Å². The number of nitrogens with zero attached hydrogens (tertiary/aromatic N) is 1. The van der Waals surface area contributed by atoms with E-state index in [2.05, 4.69) is 10.3 Å². The largest absolute Gasteiger partial charge is 0.477 e. The van der Waals surface area contributed by atoms with Crippen molar-refractivity contribution in [1.82, 2.24) is 4.98 Å². The lowest BCUT2D eigenvalue weighted by molar-refractivity contribution is -0.126. The summed E-state index contributed by atoms with van der Waals surface area (Å²) in [6.07, 6.45) is 0.546. The van der Waals surface area contributed by atoms with Crippen molar-refractivity contribution in [2.75, 3.05) is 12.4 Å². The fraction of sp³-hybridized carbons (Fsp3) is 0.133. The van der Waals surface area contributed by atoms with Crippen LogP contribution in [0, 0.1) is 0 Å². The van der Waals surface area contributed by atoms with E-state index in [0.717, 1.165) is 5.56 Å². The van der Waals surface area contributed by atoms with E-state index in [1.165, 1.54) is 25.4 Å². The van der Waals surface area contributed by atoms with Crippen LogP contribution in [0.1, 0.15) is 22.2 Å². The van der Waals surface area contributed by atoms with Gasteiger partial charge in [-0.2, -0.15) is 0 Å². The van der Waals surface area contributed by atoms with E-state index in [1.807, 2.05) is 18.2 Å². The molecular weight excluding hydrogens is 272 g/mol. The number of nitrogens with one attached hydrogen (secondary N) is 1. The molecule has 21 heavy (non-hydrogen) atoms. The molecule has 108 valence electrons. The van der Waals surface area contributed by atoms with Gasteiger partial charge in [0.25, 0.3) is 5.91 Å². The van der Waals surface area contributed by atoms with Crippen molar-refractivity contribution in [1.29, 1.82) is 0 Å². The van der Waals surface area contributed by atoms with Crippen LogP contribution in [0.25, 0.3) is 0 Å². The van der Waals surface area contributed by atoms with E-state index in [1.54, 1.807) is 12.1 Å². The highest BCUT2D eigenvalue weighted by molar-refractivity contribution is 5.95. The van der Waals surface area contributed by atoms with Crippen LogP contribution in [-0.2, 0) is 9.53 Å². The quantitative estimate of drug-likeness (QED) is 0.878. The maximum absolute atomic E-state index is 12.2.